The summed E-state index contributed by atoms with van der Waals surface area (Å²) in [5.41, 5.74) is 0. The summed E-state index contributed by atoms with van der Waals surface area (Å²) in [5.74, 6) is -1.73. The van der Waals surface area contributed by atoms with Crippen LogP contribution in [0.3, 0.4) is 0 Å². The van der Waals surface area contributed by atoms with Crippen molar-refractivity contribution in [2.24, 2.45) is 0 Å². The molecule has 12 nitrogen and oxygen atoms in total. The van der Waals surface area contributed by atoms with Crippen molar-refractivity contribution in [2.45, 2.75) is 90.1 Å². The molecule has 1 fully saturated rings. The minimum absolute atomic E-state index is 0.0425. The van der Waals surface area contributed by atoms with E-state index < -0.39 is 24.0 Å². The second-order valence-corrected chi connectivity index (χ2v) is 8.42. The van der Waals surface area contributed by atoms with Gasteiger partial charge in [0.1, 0.15) is 12.1 Å². The lowest BCUT2D eigenvalue weighted by atomic mass is 10.0. The monoisotopic (exact) mass is 512 g/mol. The fourth-order valence-corrected chi connectivity index (χ4v) is 3.56. The smallest absolute Gasteiger partial charge is 0.306 e. The van der Waals surface area contributed by atoms with Gasteiger partial charge < -0.3 is 30.7 Å². The summed E-state index contributed by atoms with van der Waals surface area (Å²) in [5, 5.41) is 11.0. The number of piperazine rings is 1. The molecule has 0 bridgehead atoms. The lowest BCUT2D eigenvalue weighted by Gasteiger charge is -2.29. The van der Waals surface area contributed by atoms with Crippen molar-refractivity contribution >= 4 is 35.6 Å². The summed E-state index contributed by atoms with van der Waals surface area (Å²) in [6.07, 6.45) is 3.70. The third-order valence-electron chi connectivity index (χ3n) is 5.47. The fraction of sp³-hybridized carbons (Fsp3) is 0.750. The van der Waals surface area contributed by atoms with Gasteiger partial charge in [0, 0.05) is 25.9 Å². The zero-order valence-electron chi connectivity index (χ0n) is 21.3. The third kappa shape index (κ3) is 13.6. The lowest BCUT2D eigenvalue weighted by Crippen LogP contribution is -2.61. The van der Waals surface area contributed by atoms with Crippen LogP contribution in [0.25, 0.3) is 0 Å². The molecular formula is C24H40N4O8. The van der Waals surface area contributed by atoms with Crippen LogP contribution in [0.2, 0.25) is 0 Å². The molecule has 1 rings (SSSR count). The molecule has 0 aromatic heterocycles. The average Bonchev–Trinajstić information content (AvgIpc) is 2.84. The van der Waals surface area contributed by atoms with E-state index in [1.54, 1.807) is 13.8 Å². The van der Waals surface area contributed by atoms with E-state index in [0.29, 0.717) is 51.6 Å². The molecule has 0 aromatic rings. The van der Waals surface area contributed by atoms with Gasteiger partial charge in [-0.3, -0.25) is 28.8 Å². The van der Waals surface area contributed by atoms with Crippen molar-refractivity contribution in [3.8, 4) is 0 Å². The largest absolute Gasteiger partial charge is 0.466 e. The van der Waals surface area contributed by atoms with Crippen LogP contribution in [0, 0.1) is 0 Å². The number of ether oxygens (including phenoxy) is 2. The van der Waals surface area contributed by atoms with Crippen LogP contribution < -0.4 is 21.3 Å². The maximum Gasteiger partial charge on any atom is 0.306 e. The Morgan fingerprint density at radius 2 is 1.06 bits per heavy atom. The molecule has 4 amide bonds. The first kappa shape index (κ1) is 30.9. The van der Waals surface area contributed by atoms with Crippen molar-refractivity contribution in [2.75, 3.05) is 26.3 Å². The topological polar surface area (TPSA) is 169 Å². The van der Waals surface area contributed by atoms with Crippen LogP contribution in [-0.4, -0.2) is 74.0 Å². The molecule has 1 aliphatic rings. The number of amides is 4. The molecule has 1 aliphatic heterocycles. The SMILES string of the molecule is CCOC(=O)CCC(=O)NCCCCC1NC(=O)C(CCCCNC(=O)CCC(=O)OCC)NC1=O. The van der Waals surface area contributed by atoms with Crippen LogP contribution in [-0.2, 0) is 38.2 Å². The van der Waals surface area contributed by atoms with Crippen LogP contribution in [0.4, 0.5) is 0 Å². The van der Waals surface area contributed by atoms with Crippen LogP contribution in [0.15, 0.2) is 0 Å². The van der Waals surface area contributed by atoms with Gasteiger partial charge in [-0.1, -0.05) is 0 Å². The number of esters is 2. The van der Waals surface area contributed by atoms with Gasteiger partial charge in [0.2, 0.25) is 23.6 Å². The van der Waals surface area contributed by atoms with Gasteiger partial charge in [-0.15, -0.1) is 0 Å². The normalized spacial score (nSPS) is 16.9. The van der Waals surface area contributed by atoms with Gasteiger partial charge in [0.25, 0.3) is 0 Å². The van der Waals surface area contributed by atoms with Gasteiger partial charge in [-0.05, 0) is 52.4 Å². The minimum atomic E-state index is -0.605. The number of carbonyl (C=O) groups excluding carboxylic acids is 6. The summed E-state index contributed by atoms with van der Waals surface area (Å²) in [6, 6.07) is -1.21. The first-order valence-electron chi connectivity index (χ1n) is 12.7. The molecule has 12 heteroatoms. The zero-order chi connectivity index (χ0) is 26.8. The first-order chi connectivity index (χ1) is 17.3. The second kappa shape index (κ2) is 18.1. The molecule has 0 spiro atoms. The fourth-order valence-electron chi connectivity index (χ4n) is 3.56. The first-order valence-corrected chi connectivity index (χ1v) is 12.7. The van der Waals surface area contributed by atoms with Crippen LogP contribution in [0.5, 0.6) is 0 Å². The summed E-state index contributed by atoms with van der Waals surface area (Å²) in [6.45, 7) is 4.83. The maximum absolute atomic E-state index is 12.3. The van der Waals surface area contributed by atoms with E-state index in [9.17, 15) is 28.8 Å². The number of unbranched alkanes of at least 4 members (excludes halogenated alkanes) is 2. The Bertz CT molecular complexity index is 696. The number of hydrogen-bond acceptors (Lipinski definition) is 8. The van der Waals surface area contributed by atoms with E-state index in [-0.39, 0.29) is 62.5 Å². The molecule has 2 unspecified atom stereocenters. The quantitative estimate of drug-likeness (QED) is 0.149. The molecule has 1 saturated heterocycles. The minimum Gasteiger partial charge on any atom is -0.466 e. The molecule has 4 N–H and O–H groups in total. The number of rotatable bonds is 18. The van der Waals surface area contributed by atoms with Crippen LogP contribution >= 0.6 is 0 Å². The summed E-state index contributed by atoms with van der Waals surface area (Å²) >= 11 is 0. The number of carbonyl (C=O) groups is 6. The Balaban J connectivity index is 2.13. The lowest BCUT2D eigenvalue weighted by molar-refractivity contribution is -0.145. The average molecular weight is 513 g/mol. The van der Waals surface area contributed by atoms with Crippen molar-refractivity contribution < 1.29 is 38.2 Å². The Labute approximate surface area is 212 Å². The van der Waals surface area contributed by atoms with E-state index in [1.807, 2.05) is 0 Å². The molecule has 0 radical (unpaired) electrons. The standard InChI is InChI=1S/C24H40N4O8/c1-3-35-21(31)13-11-19(29)25-15-7-5-9-17-23(33)28-18(24(34)27-17)10-6-8-16-26-20(30)12-14-22(32)36-4-2/h17-18H,3-16H2,1-2H3,(H,25,29)(H,26,30)(H,27,34)(H,28,33). The van der Waals surface area contributed by atoms with E-state index in [2.05, 4.69) is 21.3 Å². The predicted molar refractivity (Wildman–Crippen MR) is 129 cm³/mol. The molecule has 36 heavy (non-hydrogen) atoms. The van der Waals surface area contributed by atoms with Crippen molar-refractivity contribution in [1.82, 2.24) is 21.3 Å². The maximum atomic E-state index is 12.3. The van der Waals surface area contributed by atoms with E-state index in [4.69, 9.17) is 9.47 Å². The van der Waals surface area contributed by atoms with Gasteiger partial charge in [0.15, 0.2) is 0 Å². The Morgan fingerprint density at radius 1 is 0.667 bits per heavy atom. The highest BCUT2D eigenvalue weighted by Gasteiger charge is 2.32. The van der Waals surface area contributed by atoms with Gasteiger partial charge in [-0.2, -0.15) is 0 Å². The van der Waals surface area contributed by atoms with Gasteiger partial charge >= 0.3 is 11.9 Å². The Morgan fingerprint density at radius 3 is 1.42 bits per heavy atom. The molecule has 1 heterocycles. The van der Waals surface area contributed by atoms with E-state index >= 15 is 0 Å². The molecule has 0 saturated carbocycles. The van der Waals surface area contributed by atoms with Gasteiger partial charge in [0.05, 0.1) is 26.1 Å². The summed E-state index contributed by atoms with van der Waals surface area (Å²) in [7, 11) is 0. The summed E-state index contributed by atoms with van der Waals surface area (Å²) < 4.78 is 9.54. The van der Waals surface area contributed by atoms with Crippen molar-refractivity contribution in [1.29, 1.82) is 0 Å². The number of hydrogen-bond donors (Lipinski definition) is 4. The van der Waals surface area contributed by atoms with Crippen molar-refractivity contribution in [3.05, 3.63) is 0 Å². The Kier molecular flexibility index (Phi) is 15.5. The predicted octanol–water partition coefficient (Wildman–Crippen LogP) is 0.229. The molecular weight excluding hydrogens is 472 g/mol. The molecule has 204 valence electrons. The second-order valence-electron chi connectivity index (χ2n) is 8.42. The molecule has 0 aliphatic carbocycles. The molecule has 0 aromatic carbocycles. The molecule has 2 atom stereocenters. The van der Waals surface area contributed by atoms with Crippen LogP contribution in [0.1, 0.15) is 78.1 Å². The highest BCUT2D eigenvalue weighted by Crippen LogP contribution is 2.10. The Hall–Kier alpha value is -3.18. The third-order valence-corrected chi connectivity index (χ3v) is 5.47. The van der Waals surface area contributed by atoms with E-state index in [1.165, 1.54) is 0 Å². The summed E-state index contributed by atoms with van der Waals surface area (Å²) in [4.78, 5) is 70.6. The van der Waals surface area contributed by atoms with Crippen molar-refractivity contribution in [3.63, 3.8) is 0 Å². The van der Waals surface area contributed by atoms with Gasteiger partial charge in [-0.25, -0.2) is 0 Å². The zero-order valence-corrected chi connectivity index (χ0v) is 21.3. The highest BCUT2D eigenvalue weighted by molar-refractivity contribution is 5.96. The number of nitrogens with one attached hydrogen (secondary N) is 4. The van der Waals surface area contributed by atoms with E-state index in [0.717, 1.165) is 0 Å². The highest BCUT2D eigenvalue weighted by atomic mass is 16.5.